The molecule has 1 aliphatic heterocycles. The van der Waals surface area contributed by atoms with E-state index in [0.29, 0.717) is 36.9 Å². The fourth-order valence-corrected chi connectivity index (χ4v) is 5.39. The van der Waals surface area contributed by atoms with Crippen LogP contribution in [0.25, 0.3) is 0 Å². The van der Waals surface area contributed by atoms with Crippen molar-refractivity contribution >= 4 is 15.8 Å². The van der Waals surface area contributed by atoms with Crippen molar-refractivity contribution in [3.05, 3.63) is 48.5 Å². The zero-order valence-corrected chi connectivity index (χ0v) is 17.4. The van der Waals surface area contributed by atoms with Crippen LogP contribution in [0.2, 0.25) is 0 Å². The molecule has 0 radical (unpaired) electrons. The van der Waals surface area contributed by atoms with Crippen LogP contribution in [0, 0.1) is 12.3 Å². The number of carbonyl (C=O) groups is 1. The summed E-state index contributed by atoms with van der Waals surface area (Å²) >= 11 is 0. The van der Waals surface area contributed by atoms with Gasteiger partial charge in [0, 0.05) is 13.1 Å². The number of carboxylic acid groups (broad SMARTS) is 1. The second-order valence-electron chi connectivity index (χ2n) is 7.03. The number of sulfone groups is 1. The second kappa shape index (κ2) is 8.78. The minimum atomic E-state index is -4.11. The summed E-state index contributed by atoms with van der Waals surface area (Å²) in [6.07, 6.45) is 5.27. The first-order chi connectivity index (χ1) is 14.3. The molecule has 0 amide bonds. The van der Waals surface area contributed by atoms with Crippen LogP contribution in [0.15, 0.2) is 53.4 Å². The Kier molecular flexibility index (Phi) is 6.34. The first-order valence-electron chi connectivity index (χ1n) is 9.38. The van der Waals surface area contributed by atoms with Gasteiger partial charge in [0.2, 0.25) is 0 Å². The van der Waals surface area contributed by atoms with Crippen LogP contribution in [-0.2, 0) is 14.6 Å². The van der Waals surface area contributed by atoms with E-state index in [1.807, 2.05) is 4.90 Å². The van der Waals surface area contributed by atoms with Crippen LogP contribution < -0.4 is 9.47 Å². The molecule has 0 aliphatic carbocycles. The van der Waals surface area contributed by atoms with Gasteiger partial charge in [0.15, 0.2) is 14.6 Å². The van der Waals surface area contributed by atoms with Crippen molar-refractivity contribution in [2.24, 2.45) is 0 Å². The molecule has 3 rings (SSSR count). The molecule has 1 aliphatic rings. The molecule has 0 spiro atoms. The van der Waals surface area contributed by atoms with E-state index in [-0.39, 0.29) is 17.7 Å². The number of aliphatic carboxylic acids is 1. The first kappa shape index (κ1) is 21.7. The molecule has 30 heavy (non-hydrogen) atoms. The Labute approximate surface area is 176 Å². The number of methoxy groups -OCH3 is 1. The highest BCUT2D eigenvalue weighted by molar-refractivity contribution is 7.93. The number of piperidine rings is 1. The maximum Gasteiger partial charge on any atom is 0.325 e. The SMILES string of the molecule is C#CCN1CCC(C(=O)O)(S(=O)(=O)c2ccc(Oc3ccc(OC)cc3)cc2)CC1. The Morgan fingerprint density at radius 3 is 2.03 bits per heavy atom. The maximum atomic E-state index is 13.3. The number of carboxylic acids is 1. The van der Waals surface area contributed by atoms with Gasteiger partial charge in [-0.3, -0.25) is 9.69 Å². The summed E-state index contributed by atoms with van der Waals surface area (Å²) in [4.78, 5) is 13.9. The van der Waals surface area contributed by atoms with Gasteiger partial charge in [0.05, 0.1) is 18.6 Å². The molecule has 2 aromatic carbocycles. The predicted octanol–water partition coefficient (Wildman–Crippen LogP) is 2.81. The minimum absolute atomic E-state index is 0.0174. The Morgan fingerprint density at radius 2 is 1.57 bits per heavy atom. The number of hydrogen-bond acceptors (Lipinski definition) is 6. The molecule has 1 saturated heterocycles. The van der Waals surface area contributed by atoms with Crippen molar-refractivity contribution in [1.82, 2.24) is 4.90 Å². The molecular formula is C22H23NO6S. The Bertz CT molecular complexity index is 1030. The molecule has 0 saturated carbocycles. The molecule has 2 aromatic rings. The Morgan fingerprint density at radius 1 is 1.07 bits per heavy atom. The van der Waals surface area contributed by atoms with E-state index < -0.39 is 20.6 Å². The summed E-state index contributed by atoms with van der Waals surface area (Å²) in [5.41, 5.74) is 0. The minimum Gasteiger partial charge on any atom is -0.497 e. The molecule has 0 aromatic heterocycles. The van der Waals surface area contributed by atoms with Gasteiger partial charge in [-0.15, -0.1) is 6.42 Å². The number of terminal acetylenes is 1. The summed E-state index contributed by atoms with van der Waals surface area (Å²) in [6.45, 7) is 0.996. The molecule has 0 bridgehead atoms. The van der Waals surface area contributed by atoms with Gasteiger partial charge in [0.25, 0.3) is 0 Å². The van der Waals surface area contributed by atoms with Crippen molar-refractivity contribution < 1.29 is 27.8 Å². The van der Waals surface area contributed by atoms with E-state index in [1.165, 1.54) is 24.3 Å². The average Bonchev–Trinajstić information content (AvgIpc) is 2.75. The van der Waals surface area contributed by atoms with Crippen LogP contribution in [0.3, 0.4) is 0 Å². The predicted molar refractivity (Wildman–Crippen MR) is 112 cm³/mol. The number of ether oxygens (including phenoxy) is 2. The van der Waals surface area contributed by atoms with E-state index in [2.05, 4.69) is 5.92 Å². The quantitative estimate of drug-likeness (QED) is 0.677. The third-order valence-corrected chi connectivity index (χ3v) is 7.82. The van der Waals surface area contributed by atoms with Crippen molar-refractivity contribution in [3.8, 4) is 29.6 Å². The topological polar surface area (TPSA) is 93.1 Å². The lowest BCUT2D eigenvalue weighted by Crippen LogP contribution is -2.54. The smallest absolute Gasteiger partial charge is 0.325 e. The molecule has 158 valence electrons. The normalized spacial score (nSPS) is 16.4. The largest absolute Gasteiger partial charge is 0.497 e. The standard InChI is InChI=1S/C22H23NO6S/c1-3-14-23-15-12-22(13-16-23,21(24)25)30(26,27)20-10-8-19(9-11-20)29-18-6-4-17(28-2)5-7-18/h1,4-11H,12-16H2,2H3,(H,24,25). The number of rotatable bonds is 7. The van der Waals surface area contributed by atoms with Gasteiger partial charge in [0.1, 0.15) is 17.2 Å². The van der Waals surface area contributed by atoms with Gasteiger partial charge in [-0.05, 0) is 61.4 Å². The fraction of sp³-hybridized carbons (Fsp3) is 0.318. The highest BCUT2D eigenvalue weighted by Crippen LogP contribution is 2.36. The maximum absolute atomic E-state index is 13.3. The lowest BCUT2D eigenvalue weighted by Gasteiger charge is -2.37. The van der Waals surface area contributed by atoms with E-state index >= 15 is 0 Å². The van der Waals surface area contributed by atoms with Crippen molar-refractivity contribution in [1.29, 1.82) is 0 Å². The van der Waals surface area contributed by atoms with Gasteiger partial charge in [-0.2, -0.15) is 0 Å². The number of benzene rings is 2. The Balaban J connectivity index is 1.81. The monoisotopic (exact) mass is 429 g/mol. The molecule has 1 fully saturated rings. The van der Waals surface area contributed by atoms with Crippen molar-refractivity contribution in [3.63, 3.8) is 0 Å². The summed E-state index contributed by atoms with van der Waals surface area (Å²) in [5, 5.41) is 9.82. The highest BCUT2D eigenvalue weighted by Gasteiger charge is 2.53. The zero-order valence-electron chi connectivity index (χ0n) is 16.6. The third kappa shape index (κ3) is 4.13. The van der Waals surface area contributed by atoms with Gasteiger partial charge in [-0.1, -0.05) is 5.92 Å². The van der Waals surface area contributed by atoms with E-state index in [9.17, 15) is 18.3 Å². The van der Waals surface area contributed by atoms with Gasteiger partial charge < -0.3 is 14.6 Å². The molecule has 1 N–H and O–H groups in total. The highest BCUT2D eigenvalue weighted by atomic mass is 32.2. The van der Waals surface area contributed by atoms with Crippen LogP contribution in [0.5, 0.6) is 17.2 Å². The molecule has 1 heterocycles. The Hall–Kier alpha value is -3.02. The van der Waals surface area contributed by atoms with Crippen LogP contribution in [0.1, 0.15) is 12.8 Å². The molecule has 7 nitrogen and oxygen atoms in total. The van der Waals surface area contributed by atoms with Crippen LogP contribution >= 0.6 is 0 Å². The van der Waals surface area contributed by atoms with E-state index in [0.717, 1.165) is 0 Å². The van der Waals surface area contributed by atoms with Crippen molar-refractivity contribution in [2.45, 2.75) is 22.5 Å². The number of likely N-dealkylation sites (tertiary alicyclic amines) is 1. The molecular weight excluding hydrogens is 406 g/mol. The van der Waals surface area contributed by atoms with Crippen molar-refractivity contribution in [2.75, 3.05) is 26.7 Å². The molecule has 8 heteroatoms. The molecule has 0 unspecified atom stereocenters. The van der Waals surface area contributed by atoms with E-state index in [1.54, 1.807) is 31.4 Å². The van der Waals surface area contributed by atoms with E-state index in [4.69, 9.17) is 15.9 Å². The van der Waals surface area contributed by atoms with Crippen LogP contribution in [0.4, 0.5) is 0 Å². The third-order valence-electron chi connectivity index (χ3n) is 5.31. The summed E-state index contributed by atoms with van der Waals surface area (Å²) < 4.78 is 35.5. The lowest BCUT2D eigenvalue weighted by atomic mass is 9.96. The number of nitrogens with zero attached hydrogens (tertiary/aromatic N) is 1. The second-order valence-corrected chi connectivity index (χ2v) is 9.29. The van der Waals surface area contributed by atoms with Crippen LogP contribution in [-0.4, -0.2) is 55.9 Å². The fourth-order valence-electron chi connectivity index (χ4n) is 3.49. The summed E-state index contributed by atoms with van der Waals surface area (Å²) in [6, 6.07) is 12.7. The number of hydrogen-bond donors (Lipinski definition) is 1. The summed E-state index contributed by atoms with van der Waals surface area (Å²) in [7, 11) is -2.54. The van der Waals surface area contributed by atoms with Gasteiger partial charge in [-0.25, -0.2) is 8.42 Å². The first-order valence-corrected chi connectivity index (χ1v) is 10.9. The van der Waals surface area contributed by atoms with Gasteiger partial charge >= 0.3 is 5.97 Å². The lowest BCUT2D eigenvalue weighted by molar-refractivity contribution is -0.141. The average molecular weight is 429 g/mol. The zero-order chi connectivity index (χ0) is 21.8. The summed E-state index contributed by atoms with van der Waals surface area (Å²) in [5.74, 6) is 2.87. The molecule has 0 atom stereocenters.